The molecular formula is C27H26N2O5. The molecule has 7 nitrogen and oxygen atoms in total. The van der Waals surface area contributed by atoms with Crippen molar-refractivity contribution in [2.45, 2.75) is 31.7 Å². The number of nitrogens with one attached hydrogen (secondary N) is 2. The fourth-order valence-corrected chi connectivity index (χ4v) is 4.18. The number of carbonyl (C=O) groups excluding carboxylic acids is 2. The molecule has 0 saturated heterocycles. The van der Waals surface area contributed by atoms with Crippen LogP contribution in [0.15, 0.2) is 72.8 Å². The zero-order valence-electron chi connectivity index (χ0n) is 18.8. The van der Waals surface area contributed by atoms with Gasteiger partial charge in [0.05, 0.1) is 0 Å². The Morgan fingerprint density at radius 1 is 0.912 bits per heavy atom. The van der Waals surface area contributed by atoms with Crippen molar-refractivity contribution < 1.29 is 24.2 Å². The van der Waals surface area contributed by atoms with Crippen molar-refractivity contribution in [1.29, 1.82) is 0 Å². The second-order valence-electron chi connectivity index (χ2n) is 8.33. The van der Waals surface area contributed by atoms with E-state index in [0.717, 1.165) is 11.1 Å². The zero-order chi connectivity index (χ0) is 24.1. The van der Waals surface area contributed by atoms with Crippen LogP contribution in [0.1, 0.15) is 47.2 Å². The lowest BCUT2D eigenvalue weighted by Gasteiger charge is -2.15. The highest BCUT2D eigenvalue weighted by Crippen LogP contribution is 2.44. The third kappa shape index (κ3) is 5.26. The van der Waals surface area contributed by atoms with E-state index in [1.165, 1.54) is 11.1 Å². The Labute approximate surface area is 197 Å². The van der Waals surface area contributed by atoms with Crippen LogP contribution in [0.5, 0.6) is 0 Å². The number of anilines is 1. The number of carboxylic acid groups (broad SMARTS) is 1. The molecule has 0 aliphatic heterocycles. The summed E-state index contributed by atoms with van der Waals surface area (Å²) in [5, 5.41) is 14.2. The number of fused-ring (bicyclic) bond motifs is 3. The van der Waals surface area contributed by atoms with E-state index in [9.17, 15) is 14.4 Å². The standard InChI is InChI=1S/C27H26N2O5/c1-17(10-15-25(30)31)28-26(32)18-11-13-19(14-12-18)29-27(33)34-16-24-22-8-4-2-6-20(22)21-7-3-5-9-23(21)24/h2-9,11-14,17,24H,10,15-16H2,1H3,(H,28,32)(H,29,33)(H,30,31). The van der Waals surface area contributed by atoms with Crippen molar-refractivity contribution >= 4 is 23.7 Å². The van der Waals surface area contributed by atoms with Gasteiger partial charge in [-0.2, -0.15) is 0 Å². The Morgan fingerprint density at radius 2 is 1.50 bits per heavy atom. The van der Waals surface area contributed by atoms with Crippen LogP contribution in [-0.2, 0) is 9.53 Å². The van der Waals surface area contributed by atoms with Crippen LogP contribution in [0.3, 0.4) is 0 Å². The van der Waals surface area contributed by atoms with E-state index in [1.54, 1.807) is 31.2 Å². The van der Waals surface area contributed by atoms with Gasteiger partial charge >= 0.3 is 12.1 Å². The molecule has 34 heavy (non-hydrogen) atoms. The minimum atomic E-state index is -0.898. The molecule has 3 aromatic rings. The molecule has 174 valence electrons. The lowest BCUT2D eigenvalue weighted by molar-refractivity contribution is -0.137. The highest BCUT2D eigenvalue weighted by Gasteiger charge is 2.29. The molecule has 0 aromatic heterocycles. The molecule has 0 radical (unpaired) electrons. The van der Waals surface area contributed by atoms with Gasteiger partial charge in [-0.05, 0) is 59.9 Å². The van der Waals surface area contributed by atoms with Crippen molar-refractivity contribution in [3.8, 4) is 11.1 Å². The summed E-state index contributed by atoms with van der Waals surface area (Å²) in [7, 11) is 0. The summed E-state index contributed by atoms with van der Waals surface area (Å²) in [6, 6.07) is 22.5. The van der Waals surface area contributed by atoms with Crippen molar-refractivity contribution in [3.63, 3.8) is 0 Å². The van der Waals surface area contributed by atoms with E-state index >= 15 is 0 Å². The minimum Gasteiger partial charge on any atom is -0.481 e. The van der Waals surface area contributed by atoms with Gasteiger partial charge in [-0.3, -0.25) is 14.9 Å². The van der Waals surface area contributed by atoms with Gasteiger partial charge in [0.2, 0.25) is 0 Å². The number of hydrogen-bond acceptors (Lipinski definition) is 4. The SMILES string of the molecule is CC(CCC(=O)O)NC(=O)c1ccc(NC(=O)OCC2c3ccccc3-c3ccccc32)cc1. The monoisotopic (exact) mass is 458 g/mol. The number of hydrogen-bond donors (Lipinski definition) is 3. The number of aliphatic carboxylic acids is 1. The van der Waals surface area contributed by atoms with E-state index in [2.05, 4.69) is 34.9 Å². The average molecular weight is 459 g/mol. The second-order valence-corrected chi connectivity index (χ2v) is 8.33. The number of amides is 2. The first kappa shape index (κ1) is 23.0. The minimum absolute atomic E-state index is 0.00948. The van der Waals surface area contributed by atoms with Crippen LogP contribution in [0, 0.1) is 0 Å². The van der Waals surface area contributed by atoms with E-state index < -0.39 is 12.1 Å². The molecule has 2 amide bonds. The summed E-state index contributed by atoms with van der Waals surface area (Å²) in [5.41, 5.74) is 5.54. The number of carboxylic acids is 1. The van der Waals surface area contributed by atoms with Crippen LogP contribution in [0.4, 0.5) is 10.5 Å². The van der Waals surface area contributed by atoms with E-state index in [-0.39, 0.29) is 30.9 Å². The quantitative estimate of drug-likeness (QED) is 0.439. The summed E-state index contributed by atoms with van der Waals surface area (Å²) >= 11 is 0. The van der Waals surface area contributed by atoms with Gasteiger partial charge in [-0.15, -0.1) is 0 Å². The van der Waals surface area contributed by atoms with Crippen LogP contribution >= 0.6 is 0 Å². The maximum Gasteiger partial charge on any atom is 0.411 e. The molecule has 0 saturated carbocycles. The van der Waals surface area contributed by atoms with Gasteiger partial charge in [0.25, 0.3) is 5.91 Å². The fraction of sp³-hybridized carbons (Fsp3) is 0.222. The van der Waals surface area contributed by atoms with Crippen molar-refractivity contribution in [3.05, 3.63) is 89.5 Å². The lowest BCUT2D eigenvalue weighted by atomic mass is 9.98. The van der Waals surface area contributed by atoms with Gasteiger partial charge in [-0.1, -0.05) is 48.5 Å². The topological polar surface area (TPSA) is 105 Å². The Morgan fingerprint density at radius 3 is 2.09 bits per heavy atom. The lowest BCUT2D eigenvalue weighted by Crippen LogP contribution is -2.32. The summed E-state index contributed by atoms with van der Waals surface area (Å²) in [4.78, 5) is 35.4. The first-order valence-electron chi connectivity index (χ1n) is 11.2. The van der Waals surface area contributed by atoms with Crippen LogP contribution in [0.25, 0.3) is 11.1 Å². The Hall–Kier alpha value is -4.13. The van der Waals surface area contributed by atoms with E-state index in [0.29, 0.717) is 17.7 Å². The van der Waals surface area contributed by atoms with Gasteiger partial charge in [0.1, 0.15) is 6.61 Å². The average Bonchev–Trinajstić information content (AvgIpc) is 3.15. The molecule has 3 aromatic carbocycles. The van der Waals surface area contributed by atoms with Gasteiger partial charge in [-0.25, -0.2) is 4.79 Å². The molecule has 1 unspecified atom stereocenters. The maximum atomic E-state index is 12.4. The summed E-state index contributed by atoms with van der Waals surface area (Å²) in [6.07, 6.45) is -0.228. The summed E-state index contributed by atoms with van der Waals surface area (Å²) < 4.78 is 5.54. The smallest absolute Gasteiger partial charge is 0.411 e. The molecule has 1 aliphatic carbocycles. The molecule has 4 rings (SSSR count). The van der Waals surface area contributed by atoms with Crippen LogP contribution in [0.2, 0.25) is 0 Å². The van der Waals surface area contributed by atoms with Crippen LogP contribution < -0.4 is 10.6 Å². The normalized spacial score (nSPS) is 12.9. The van der Waals surface area contributed by atoms with Crippen molar-refractivity contribution in [2.75, 3.05) is 11.9 Å². The first-order chi connectivity index (χ1) is 16.4. The predicted octanol–water partition coefficient (Wildman–Crippen LogP) is 5.03. The molecule has 3 N–H and O–H groups in total. The molecule has 0 heterocycles. The highest BCUT2D eigenvalue weighted by molar-refractivity contribution is 5.95. The second kappa shape index (κ2) is 10.2. The first-order valence-corrected chi connectivity index (χ1v) is 11.2. The van der Waals surface area contributed by atoms with Gasteiger partial charge in [0.15, 0.2) is 0 Å². The molecule has 0 bridgehead atoms. The van der Waals surface area contributed by atoms with Gasteiger partial charge < -0.3 is 15.2 Å². The third-order valence-corrected chi connectivity index (χ3v) is 5.91. The Bertz CT molecular complexity index is 1160. The third-order valence-electron chi connectivity index (χ3n) is 5.91. The fourth-order valence-electron chi connectivity index (χ4n) is 4.18. The van der Waals surface area contributed by atoms with Crippen molar-refractivity contribution in [1.82, 2.24) is 5.32 Å². The zero-order valence-corrected chi connectivity index (χ0v) is 18.8. The molecule has 1 atom stereocenters. The summed E-state index contributed by atoms with van der Waals surface area (Å²) in [5.74, 6) is -1.22. The van der Waals surface area contributed by atoms with Gasteiger partial charge in [0, 0.05) is 29.6 Å². The molecule has 1 aliphatic rings. The van der Waals surface area contributed by atoms with Crippen LogP contribution in [-0.4, -0.2) is 35.7 Å². The number of rotatable bonds is 8. The number of benzene rings is 3. The predicted molar refractivity (Wildman–Crippen MR) is 129 cm³/mol. The molecular weight excluding hydrogens is 432 g/mol. The highest BCUT2D eigenvalue weighted by atomic mass is 16.5. The van der Waals surface area contributed by atoms with Crippen molar-refractivity contribution in [2.24, 2.45) is 0 Å². The number of carbonyl (C=O) groups is 3. The maximum absolute atomic E-state index is 12.4. The molecule has 0 fully saturated rings. The van der Waals surface area contributed by atoms with E-state index in [1.807, 2.05) is 24.3 Å². The Kier molecular flexibility index (Phi) is 6.92. The van der Waals surface area contributed by atoms with E-state index in [4.69, 9.17) is 9.84 Å². The molecule has 7 heteroatoms. The largest absolute Gasteiger partial charge is 0.481 e. The molecule has 0 spiro atoms. The Balaban J connectivity index is 1.32. The summed E-state index contributed by atoms with van der Waals surface area (Å²) in [6.45, 7) is 1.97. The number of ether oxygens (including phenoxy) is 1.